The summed E-state index contributed by atoms with van der Waals surface area (Å²) in [5.74, 6) is -0.155. The van der Waals surface area contributed by atoms with Crippen LogP contribution in [0.2, 0.25) is 10.0 Å². The molecule has 2 heterocycles. The Morgan fingerprint density at radius 3 is 2.59 bits per heavy atom. The van der Waals surface area contributed by atoms with Crippen LogP contribution in [-0.4, -0.2) is 25.5 Å². The van der Waals surface area contributed by atoms with Crippen molar-refractivity contribution in [3.05, 3.63) is 60.3 Å². The molecule has 0 saturated carbocycles. The third kappa shape index (κ3) is 5.17. The van der Waals surface area contributed by atoms with Gasteiger partial charge in [0, 0.05) is 6.20 Å². The number of halogens is 6. The summed E-state index contributed by atoms with van der Waals surface area (Å²) < 4.78 is 29.5. The molecule has 12 heteroatoms. The van der Waals surface area contributed by atoms with Crippen molar-refractivity contribution in [2.75, 3.05) is 5.32 Å². The van der Waals surface area contributed by atoms with Crippen LogP contribution in [0.25, 0.3) is 0 Å². The average Bonchev–Trinajstić information content (AvgIpc) is 3.12. The number of nitrogens with one attached hydrogen (secondary N) is 1. The van der Waals surface area contributed by atoms with Gasteiger partial charge in [-0.3, -0.25) is 14.2 Å². The lowest BCUT2D eigenvalue weighted by molar-refractivity contribution is -0.117. The Morgan fingerprint density at radius 1 is 1.24 bits per heavy atom. The zero-order valence-corrected chi connectivity index (χ0v) is 19.4. The molecule has 29 heavy (non-hydrogen) atoms. The molecule has 0 atom stereocenters. The first-order chi connectivity index (χ1) is 13.7. The average molecular weight is 572 g/mol. The smallest absolute Gasteiger partial charge is 0.283 e. The Bertz CT molecular complexity index is 1070. The Balaban J connectivity index is 1.70. The van der Waals surface area contributed by atoms with Crippen LogP contribution in [0.3, 0.4) is 0 Å². The first-order valence-electron chi connectivity index (χ1n) is 8.13. The molecule has 2 aromatic heterocycles. The molecule has 3 rings (SSSR count). The quantitative estimate of drug-likeness (QED) is 0.404. The van der Waals surface area contributed by atoms with Crippen LogP contribution in [0.1, 0.15) is 23.4 Å². The summed E-state index contributed by atoms with van der Waals surface area (Å²) in [5.41, 5.74) is 0.908. The summed E-state index contributed by atoms with van der Waals surface area (Å²) in [7, 11) is 0. The van der Waals surface area contributed by atoms with E-state index in [1.165, 1.54) is 4.68 Å². The van der Waals surface area contributed by atoms with Crippen molar-refractivity contribution in [3.63, 3.8) is 0 Å². The molecule has 1 N–H and O–H groups in total. The van der Waals surface area contributed by atoms with Crippen LogP contribution in [0.5, 0.6) is 0 Å². The van der Waals surface area contributed by atoms with E-state index in [1.807, 2.05) is 6.07 Å². The summed E-state index contributed by atoms with van der Waals surface area (Å²) in [5, 5.41) is 11.6. The van der Waals surface area contributed by atoms with E-state index in [9.17, 15) is 13.6 Å². The highest BCUT2D eigenvalue weighted by Crippen LogP contribution is 2.29. The van der Waals surface area contributed by atoms with Crippen molar-refractivity contribution >= 4 is 66.8 Å². The predicted molar refractivity (Wildman–Crippen MR) is 114 cm³/mol. The van der Waals surface area contributed by atoms with E-state index in [1.54, 1.807) is 29.9 Å². The van der Waals surface area contributed by atoms with Gasteiger partial charge in [-0.2, -0.15) is 10.2 Å². The van der Waals surface area contributed by atoms with E-state index in [-0.39, 0.29) is 11.0 Å². The van der Waals surface area contributed by atoms with Gasteiger partial charge in [0.2, 0.25) is 5.91 Å². The number of alkyl halides is 2. The van der Waals surface area contributed by atoms with Crippen LogP contribution in [0.15, 0.2) is 33.3 Å². The number of benzene rings is 1. The van der Waals surface area contributed by atoms with Gasteiger partial charge >= 0.3 is 0 Å². The molecule has 0 spiro atoms. The van der Waals surface area contributed by atoms with Gasteiger partial charge in [-0.05, 0) is 56.5 Å². The van der Waals surface area contributed by atoms with E-state index in [0.29, 0.717) is 32.6 Å². The number of rotatable bonds is 6. The van der Waals surface area contributed by atoms with Gasteiger partial charge in [0.05, 0.1) is 31.2 Å². The molecular weight excluding hydrogens is 559 g/mol. The maximum Gasteiger partial charge on any atom is 0.283 e. The molecule has 3 aromatic rings. The van der Waals surface area contributed by atoms with Crippen LogP contribution in [0.4, 0.5) is 14.6 Å². The minimum absolute atomic E-state index is 0.187. The van der Waals surface area contributed by atoms with Crippen molar-refractivity contribution in [2.24, 2.45) is 0 Å². The van der Waals surface area contributed by atoms with Crippen molar-refractivity contribution in [2.45, 2.75) is 26.4 Å². The number of hydrogen-bond donors (Lipinski definition) is 1. The van der Waals surface area contributed by atoms with Crippen LogP contribution in [-0.2, 0) is 17.9 Å². The second kappa shape index (κ2) is 9.11. The fourth-order valence-corrected chi connectivity index (χ4v) is 3.73. The zero-order chi connectivity index (χ0) is 21.3. The Hall–Kier alpha value is -1.49. The van der Waals surface area contributed by atoms with Crippen LogP contribution >= 0.6 is 55.1 Å². The number of carbonyl (C=O) groups excluding carboxylic acids is 1. The first kappa shape index (κ1) is 22.2. The van der Waals surface area contributed by atoms with Gasteiger partial charge in [0.15, 0.2) is 5.82 Å². The summed E-state index contributed by atoms with van der Waals surface area (Å²) >= 11 is 18.4. The number of carbonyl (C=O) groups is 1. The summed E-state index contributed by atoms with van der Waals surface area (Å²) in [6, 6.07) is 5.25. The molecule has 0 unspecified atom stereocenters. The van der Waals surface area contributed by atoms with Crippen LogP contribution < -0.4 is 5.32 Å². The second-order valence-electron chi connectivity index (χ2n) is 6.06. The maximum atomic E-state index is 12.9. The second-order valence-corrected chi connectivity index (χ2v) is 8.52. The van der Waals surface area contributed by atoms with Gasteiger partial charge < -0.3 is 5.32 Å². The number of aromatic nitrogens is 4. The maximum absolute atomic E-state index is 12.9. The summed E-state index contributed by atoms with van der Waals surface area (Å²) in [4.78, 5) is 12.3. The third-order valence-electron chi connectivity index (χ3n) is 3.96. The number of amides is 1. The molecule has 0 fully saturated rings. The number of nitrogens with zero attached hydrogens (tertiary/aromatic N) is 4. The summed E-state index contributed by atoms with van der Waals surface area (Å²) in [6.07, 6.45) is -1.04. The molecule has 1 amide bonds. The lowest BCUT2D eigenvalue weighted by Crippen LogP contribution is -2.21. The number of hydrogen-bond acceptors (Lipinski definition) is 3. The molecule has 1 aromatic carbocycles. The van der Waals surface area contributed by atoms with E-state index >= 15 is 0 Å². The Kier molecular flexibility index (Phi) is 6.98. The molecule has 0 bridgehead atoms. The molecule has 6 nitrogen and oxygen atoms in total. The van der Waals surface area contributed by atoms with Crippen molar-refractivity contribution in [1.29, 1.82) is 0 Å². The van der Waals surface area contributed by atoms with E-state index in [0.717, 1.165) is 5.56 Å². The molecule has 154 valence electrons. The molecule has 0 aliphatic heterocycles. The van der Waals surface area contributed by atoms with Crippen molar-refractivity contribution in [3.8, 4) is 0 Å². The highest BCUT2D eigenvalue weighted by molar-refractivity contribution is 9.11. The molecule has 0 radical (unpaired) electrons. The van der Waals surface area contributed by atoms with Gasteiger partial charge in [-0.15, -0.1) is 0 Å². The minimum Gasteiger partial charge on any atom is -0.307 e. The lowest BCUT2D eigenvalue weighted by atomic mass is 10.2. The van der Waals surface area contributed by atoms with Gasteiger partial charge in [-0.25, -0.2) is 8.78 Å². The number of anilines is 1. The minimum atomic E-state index is -2.74. The zero-order valence-electron chi connectivity index (χ0n) is 14.8. The fourth-order valence-electron chi connectivity index (χ4n) is 2.54. The normalized spacial score (nSPS) is 11.3. The predicted octanol–water partition coefficient (Wildman–Crippen LogP) is 5.84. The molecule has 0 aliphatic rings. The SMILES string of the molecule is Cc1c(Br)c(C(F)F)nn1CC(=O)Nc1nn(Cc2ccc(Cl)c(Cl)c2)cc1Br. The van der Waals surface area contributed by atoms with Crippen molar-refractivity contribution in [1.82, 2.24) is 19.6 Å². The Labute approximate surface area is 191 Å². The standard InChI is InChI=1S/C17H13Br2Cl2F2N5O/c1-8-14(19)15(16(22)23)25-28(8)7-13(29)24-17-10(18)6-27(26-17)5-9-2-3-11(20)12(21)4-9/h2-4,6,16H,5,7H2,1H3,(H,24,26,29). The topological polar surface area (TPSA) is 64.7 Å². The molecule has 0 aliphatic carbocycles. The van der Waals surface area contributed by atoms with E-state index in [2.05, 4.69) is 47.4 Å². The highest BCUT2D eigenvalue weighted by atomic mass is 79.9. The van der Waals surface area contributed by atoms with Crippen LogP contribution in [0, 0.1) is 6.92 Å². The Morgan fingerprint density at radius 2 is 1.97 bits per heavy atom. The molecule has 0 saturated heterocycles. The summed E-state index contributed by atoms with van der Waals surface area (Å²) in [6.45, 7) is 1.77. The van der Waals surface area contributed by atoms with Gasteiger partial charge in [0.1, 0.15) is 12.2 Å². The van der Waals surface area contributed by atoms with Crippen molar-refractivity contribution < 1.29 is 13.6 Å². The highest BCUT2D eigenvalue weighted by Gasteiger charge is 2.21. The van der Waals surface area contributed by atoms with Gasteiger partial charge in [0.25, 0.3) is 6.43 Å². The van der Waals surface area contributed by atoms with E-state index < -0.39 is 18.0 Å². The third-order valence-corrected chi connectivity index (χ3v) is 6.26. The van der Waals surface area contributed by atoms with E-state index in [4.69, 9.17) is 23.2 Å². The largest absolute Gasteiger partial charge is 0.307 e. The molecular formula is C17H13Br2Cl2F2N5O. The lowest BCUT2D eigenvalue weighted by Gasteiger charge is -2.06. The fraction of sp³-hybridized carbons (Fsp3) is 0.235. The monoisotopic (exact) mass is 569 g/mol. The van der Waals surface area contributed by atoms with Gasteiger partial charge in [-0.1, -0.05) is 29.3 Å². The first-order valence-corrected chi connectivity index (χ1v) is 10.5.